The van der Waals surface area contributed by atoms with Crippen LogP contribution in [0.3, 0.4) is 0 Å². The standard InChI is InChI=1S/C18H18ClNO3/c1-13-2-4-14(5-3-13)10-18(22)23-12-17(21)20-11-15-6-8-16(19)9-7-15/h2-9H,10-12H2,1H3,(H,20,21). The van der Waals surface area contributed by atoms with Gasteiger partial charge in [0.25, 0.3) is 5.91 Å². The SMILES string of the molecule is Cc1ccc(CC(=O)OCC(=O)NCc2ccc(Cl)cc2)cc1. The van der Waals surface area contributed by atoms with Gasteiger partial charge in [0.05, 0.1) is 6.42 Å². The Hall–Kier alpha value is -2.33. The number of hydrogen-bond acceptors (Lipinski definition) is 3. The van der Waals surface area contributed by atoms with E-state index in [-0.39, 0.29) is 18.9 Å². The molecule has 0 unspecified atom stereocenters. The van der Waals surface area contributed by atoms with Gasteiger partial charge < -0.3 is 10.1 Å². The second-order valence-electron chi connectivity index (χ2n) is 5.23. The van der Waals surface area contributed by atoms with Gasteiger partial charge in [-0.25, -0.2) is 0 Å². The Labute approximate surface area is 140 Å². The Morgan fingerprint density at radius 3 is 2.26 bits per heavy atom. The lowest BCUT2D eigenvalue weighted by atomic mass is 10.1. The first kappa shape index (κ1) is 17.0. The molecular weight excluding hydrogens is 314 g/mol. The molecule has 0 fully saturated rings. The van der Waals surface area contributed by atoms with E-state index in [1.54, 1.807) is 12.1 Å². The number of nitrogens with one attached hydrogen (secondary N) is 1. The van der Waals surface area contributed by atoms with Crippen LogP contribution in [0.15, 0.2) is 48.5 Å². The second kappa shape index (κ2) is 8.34. The molecule has 120 valence electrons. The van der Waals surface area contributed by atoms with E-state index in [2.05, 4.69) is 5.32 Å². The summed E-state index contributed by atoms with van der Waals surface area (Å²) in [6.07, 6.45) is 0.157. The van der Waals surface area contributed by atoms with Crippen molar-refractivity contribution in [2.75, 3.05) is 6.61 Å². The van der Waals surface area contributed by atoms with Gasteiger partial charge in [-0.3, -0.25) is 9.59 Å². The van der Waals surface area contributed by atoms with E-state index in [9.17, 15) is 9.59 Å². The monoisotopic (exact) mass is 331 g/mol. The van der Waals surface area contributed by atoms with Gasteiger partial charge in [-0.05, 0) is 30.2 Å². The molecule has 2 aromatic rings. The average Bonchev–Trinajstić information content (AvgIpc) is 2.54. The molecule has 0 aliphatic rings. The third-order valence-electron chi connectivity index (χ3n) is 3.24. The zero-order valence-corrected chi connectivity index (χ0v) is 13.6. The van der Waals surface area contributed by atoms with E-state index in [1.807, 2.05) is 43.3 Å². The molecule has 0 radical (unpaired) electrons. The lowest BCUT2D eigenvalue weighted by Crippen LogP contribution is -2.28. The van der Waals surface area contributed by atoms with Gasteiger partial charge in [-0.2, -0.15) is 0 Å². The lowest BCUT2D eigenvalue weighted by molar-refractivity contribution is -0.147. The Morgan fingerprint density at radius 2 is 1.61 bits per heavy atom. The van der Waals surface area contributed by atoms with Crippen LogP contribution in [0.2, 0.25) is 5.02 Å². The van der Waals surface area contributed by atoms with Crippen LogP contribution in [0.1, 0.15) is 16.7 Å². The quantitative estimate of drug-likeness (QED) is 0.828. The molecule has 0 aliphatic heterocycles. The predicted molar refractivity (Wildman–Crippen MR) is 89.1 cm³/mol. The number of benzene rings is 2. The van der Waals surface area contributed by atoms with Crippen molar-refractivity contribution in [2.45, 2.75) is 19.9 Å². The van der Waals surface area contributed by atoms with Crippen molar-refractivity contribution < 1.29 is 14.3 Å². The Kier molecular flexibility index (Phi) is 6.18. The minimum atomic E-state index is -0.421. The summed E-state index contributed by atoms with van der Waals surface area (Å²) in [5.41, 5.74) is 2.92. The van der Waals surface area contributed by atoms with Crippen molar-refractivity contribution in [3.8, 4) is 0 Å². The third-order valence-corrected chi connectivity index (χ3v) is 3.49. The molecular formula is C18H18ClNO3. The van der Waals surface area contributed by atoms with Crippen LogP contribution in [-0.4, -0.2) is 18.5 Å². The molecule has 1 amide bonds. The minimum Gasteiger partial charge on any atom is -0.455 e. The highest BCUT2D eigenvalue weighted by atomic mass is 35.5. The van der Waals surface area contributed by atoms with Crippen LogP contribution in [0.25, 0.3) is 0 Å². The molecule has 2 aromatic carbocycles. The van der Waals surface area contributed by atoms with Crippen molar-refractivity contribution in [2.24, 2.45) is 0 Å². The predicted octanol–water partition coefficient (Wildman–Crippen LogP) is 3.05. The highest BCUT2D eigenvalue weighted by molar-refractivity contribution is 6.30. The Bertz CT molecular complexity index is 666. The van der Waals surface area contributed by atoms with E-state index in [0.29, 0.717) is 11.6 Å². The number of hydrogen-bond donors (Lipinski definition) is 1. The van der Waals surface area contributed by atoms with Gasteiger partial charge in [-0.15, -0.1) is 0 Å². The normalized spacial score (nSPS) is 10.2. The van der Waals surface area contributed by atoms with Gasteiger partial charge in [0.2, 0.25) is 0 Å². The lowest BCUT2D eigenvalue weighted by Gasteiger charge is -2.07. The van der Waals surface area contributed by atoms with E-state index in [1.165, 1.54) is 0 Å². The molecule has 0 spiro atoms. The molecule has 2 rings (SSSR count). The fourth-order valence-electron chi connectivity index (χ4n) is 1.92. The Morgan fingerprint density at radius 1 is 1.00 bits per heavy atom. The summed E-state index contributed by atoms with van der Waals surface area (Å²) >= 11 is 5.79. The zero-order chi connectivity index (χ0) is 16.7. The zero-order valence-electron chi connectivity index (χ0n) is 12.8. The Balaban J connectivity index is 1.70. The number of halogens is 1. The number of carbonyl (C=O) groups is 2. The molecule has 0 heterocycles. The molecule has 0 saturated heterocycles. The summed E-state index contributed by atoms with van der Waals surface area (Å²) in [5.74, 6) is -0.757. The van der Waals surface area contributed by atoms with Gasteiger partial charge in [0.15, 0.2) is 6.61 Å². The topological polar surface area (TPSA) is 55.4 Å². The first-order chi connectivity index (χ1) is 11.0. The molecule has 0 aromatic heterocycles. The maximum absolute atomic E-state index is 11.7. The summed E-state index contributed by atoms with van der Waals surface area (Å²) in [4.78, 5) is 23.4. The summed E-state index contributed by atoms with van der Waals surface area (Å²) in [6.45, 7) is 2.07. The molecule has 1 N–H and O–H groups in total. The van der Waals surface area contributed by atoms with Crippen molar-refractivity contribution in [1.82, 2.24) is 5.32 Å². The summed E-state index contributed by atoms with van der Waals surface area (Å²) < 4.78 is 4.97. The van der Waals surface area contributed by atoms with Crippen molar-refractivity contribution in [3.63, 3.8) is 0 Å². The number of carbonyl (C=O) groups excluding carboxylic acids is 2. The second-order valence-corrected chi connectivity index (χ2v) is 5.66. The van der Waals surface area contributed by atoms with Crippen LogP contribution in [0.4, 0.5) is 0 Å². The van der Waals surface area contributed by atoms with E-state index < -0.39 is 5.97 Å². The highest BCUT2D eigenvalue weighted by Gasteiger charge is 2.08. The molecule has 0 bridgehead atoms. The first-order valence-corrected chi connectivity index (χ1v) is 7.63. The van der Waals surface area contributed by atoms with Crippen molar-refractivity contribution in [1.29, 1.82) is 0 Å². The van der Waals surface area contributed by atoms with Crippen LogP contribution >= 0.6 is 11.6 Å². The van der Waals surface area contributed by atoms with Crippen LogP contribution in [-0.2, 0) is 27.3 Å². The summed E-state index contributed by atoms with van der Waals surface area (Å²) in [5, 5.41) is 3.33. The number of rotatable bonds is 6. The summed E-state index contributed by atoms with van der Waals surface area (Å²) in [6, 6.07) is 14.8. The highest BCUT2D eigenvalue weighted by Crippen LogP contribution is 2.09. The van der Waals surface area contributed by atoms with Crippen LogP contribution in [0, 0.1) is 6.92 Å². The molecule has 23 heavy (non-hydrogen) atoms. The fourth-order valence-corrected chi connectivity index (χ4v) is 2.05. The third kappa shape index (κ3) is 6.12. The maximum atomic E-state index is 11.7. The minimum absolute atomic E-state index is 0.157. The van der Waals surface area contributed by atoms with Crippen molar-refractivity contribution >= 4 is 23.5 Å². The van der Waals surface area contributed by atoms with Gasteiger partial charge in [0.1, 0.15) is 0 Å². The van der Waals surface area contributed by atoms with E-state index >= 15 is 0 Å². The number of ether oxygens (including phenoxy) is 1. The van der Waals surface area contributed by atoms with Gasteiger partial charge in [-0.1, -0.05) is 53.6 Å². The van der Waals surface area contributed by atoms with Gasteiger partial charge >= 0.3 is 5.97 Å². The average molecular weight is 332 g/mol. The van der Waals surface area contributed by atoms with Crippen molar-refractivity contribution in [3.05, 3.63) is 70.2 Å². The molecule has 4 nitrogen and oxygen atoms in total. The number of esters is 1. The van der Waals surface area contributed by atoms with E-state index in [0.717, 1.165) is 16.7 Å². The van der Waals surface area contributed by atoms with Gasteiger partial charge in [0, 0.05) is 11.6 Å². The first-order valence-electron chi connectivity index (χ1n) is 7.25. The largest absolute Gasteiger partial charge is 0.455 e. The molecule has 0 atom stereocenters. The smallest absolute Gasteiger partial charge is 0.310 e. The molecule has 0 aliphatic carbocycles. The molecule has 5 heteroatoms. The fraction of sp³-hybridized carbons (Fsp3) is 0.222. The summed E-state index contributed by atoms with van der Waals surface area (Å²) in [7, 11) is 0. The number of amides is 1. The molecule has 0 saturated carbocycles. The van der Waals surface area contributed by atoms with Crippen LogP contribution in [0.5, 0.6) is 0 Å². The van der Waals surface area contributed by atoms with Crippen LogP contribution < -0.4 is 5.32 Å². The maximum Gasteiger partial charge on any atom is 0.310 e. The number of aryl methyl sites for hydroxylation is 1. The van der Waals surface area contributed by atoms with E-state index in [4.69, 9.17) is 16.3 Å².